The number of hydrogen-bond acceptors (Lipinski definition) is 4. The molecule has 2 unspecified atom stereocenters. The Balaban J connectivity index is 1.67. The molecule has 2 aromatic rings. The molecule has 0 aliphatic heterocycles. The molecule has 4 heteroatoms. The maximum absolute atomic E-state index is 6.15. The second kappa shape index (κ2) is 5.31. The Kier molecular flexibility index (Phi) is 3.53. The summed E-state index contributed by atoms with van der Waals surface area (Å²) in [5, 5.41) is 3.58. The minimum absolute atomic E-state index is 0.298. The van der Waals surface area contributed by atoms with Gasteiger partial charge in [0.05, 0.1) is 0 Å². The number of hydrogen-bond donors (Lipinski definition) is 2. The lowest BCUT2D eigenvalue weighted by atomic mass is 9.91. The smallest absolute Gasteiger partial charge is 0.192 e. The summed E-state index contributed by atoms with van der Waals surface area (Å²) < 4.78 is 5.48. The Morgan fingerprint density at radius 2 is 2.21 bits per heavy atom. The van der Waals surface area contributed by atoms with E-state index in [0.717, 1.165) is 30.0 Å². The first-order valence-electron chi connectivity index (χ1n) is 7.07. The molecule has 1 heterocycles. The predicted molar refractivity (Wildman–Crippen MR) is 75.8 cm³/mol. The summed E-state index contributed by atoms with van der Waals surface area (Å²) in [6.07, 6.45) is 4.88. The molecule has 3 rings (SSSR count). The first-order valence-corrected chi connectivity index (χ1v) is 7.07. The highest BCUT2D eigenvalue weighted by Crippen LogP contribution is 2.19. The van der Waals surface area contributed by atoms with E-state index >= 15 is 0 Å². The van der Waals surface area contributed by atoms with Crippen LogP contribution in [0, 0.1) is 6.92 Å². The lowest BCUT2D eigenvalue weighted by Gasteiger charge is -2.29. The van der Waals surface area contributed by atoms with Crippen LogP contribution in [0.25, 0.3) is 11.1 Å². The van der Waals surface area contributed by atoms with Crippen molar-refractivity contribution >= 4 is 11.1 Å². The van der Waals surface area contributed by atoms with Crippen LogP contribution in [0.3, 0.4) is 0 Å². The van der Waals surface area contributed by atoms with E-state index < -0.39 is 0 Å². The fourth-order valence-electron chi connectivity index (χ4n) is 2.86. The van der Waals surface area contributed by atoms with Crippen molar-refractivity contribution in [1.29, 1.82) is 0 Å². The topological polar surface area (TPSA) is 64.1 Å². The molecule has 0 saturated heterocycles. The summed E-state index contributed by atoms with van der Waals surface area (Å²) in [5.74, 6) is 0.717. The molecule has 1 aromatic carbocycles. The van der Waals surface area contributed by atoms with Crippen molar-refractivity contribution in [1.82, 2.24) is 10.3 Å². The fourth-order valence-corrected chi connectivity index (χ4v) is 2.86. The third-order valence-electron chi connectivity index (χ3n) is 3.95. The Bertz CT molecular complexity index is 564. The van der Waals surface area contributed by atoms with Gasteiger partial charge in [-0.25, -0.2) is 4.98 Å². The van der Waals surface area contributed by atoms with Crippen molar-refractivity contribution in [3.05, 3.63) is 29.7 Å². The van der Waals surface area contributed by atoms with Crippen LogP contribution in [0.2, 0.25) is 0 Å². The third-order valence-corrected chi connectivity index (χ3v) is 3.95. The van der Waals surface area contributed by atoms with Crippen LogP contribution in [-0.2, 0) is 6.54 Å². The minimum Gasteiger partial charge on any atom is -0.441 e. The second-order valence-electron chi connectivity index (χ2n) is 5.47. The van der Waals surface area contributed by atoms with Gasteiger partial charge in [0.15, 0.2) is 11.5 Å². The number of oxazole rings is 1. The molecule has 1 aromatic heterocycles. The third kappa shape index (κ3) is 2.80. The quantitative estimate of drug-likeness (QED) is 0.889. The van der Waals surface area contributed by atoms with Crippen molar-refractivity contribution in [3.63, 3.8) is 0 Å². The SMILES string of the molecule is Cc1nc2cc(CNC3CCCCC3N)ccc2o1. The van der Waals surface area contributed by atoms with Crippen LogP contribution in [0.1, 0.15) is 37.1 Å². The van der Waals surface area contributed by atoms with Crippen molar-refractivity contribution in [2.24, 2.45) is 5.73 Å². The van der Waals surface area contributed by atoms with Crippen LogP contribution >= 0.6 is 0 Å². The van der Waals surface area contributed by atoms with E-state index in [1.807, 2.05) is 13.0 Å². The molecule has 1 aliphatic rings. The number of rotatable bonds is 3. The maximum Gasteiger partial charge on any atom is 0.192 e. The van der Waals surface area contributed by atoms with E-state index in [4.69, 9.17) is 10.2 Å². The van der Waals surface area contributed by atoms with E-state index in [9.17, 15) is 0 Å². The normalized spacial score (nSPS) is 23.9. The number of nitrogens with one attached hydrogen (secondary N) is 1. The number of nitrogens with zero attached hydrogens (tertiary/aromatic N) is 1. The molecule has 1 saturated carbocycles. The number of aryl methyl sites for hydroxylation is 1. The van der Waals surface area contributed by atoms with E-state index in [2.05, 4.69) is 22.4 Å². The molecular formula is C15H21N3O. The Morgan fingerprint density at radius 3 is 3.05 bits per heavy atom. The largest absolute Gasteiger partial charge is 0.441 e. The number of aromatic nitrogens is 1. The van der Waals surface area contributed by atoms with Crippen LogP contribution in [-0.4, -0.2) is 17.1 Å². The number of fused-ring (bicyclic) bond motifs is 1. The van der Waals surface area contributed by atoms with Crippen LogP contribution in [0.5, 0.6) is 0 Å². The number of nitrogens with two attached hydrogens (primary N) is 1. The standard InChI is InChI=1S/C15H21N3O/c1-10-18-14-8-11(6-7-15(14)19-10)9-17-13-5-3-2-4-12(13)16/h6-8,12-13,17H,2-5,9,16H2,1H3. The molecule has 1 aliphatic carbocycles. The molecule has 0 spiro atoms. The van der Waals surface area contributed by atoms with E-state index in [-0.39, 0.29) is 0 Å². The van der Waals surface area contributed by atoms with Gasteiger partial charge in [-0.1, -0.05) is 18.9 Å². The monoisotopic (exact) mass is 259 g/mol. The van der Waals surface area contributed by atoms with Gasteiger partial charge in [0.2, 0.25) is 0 Å². The Hall–Kier alpha value is -1.39. The Morgan fingerprint density at radius 1 is 1.37 bits per heavy atom. The highest BCUT2D eigenvalue weighted by Gasteiger charge is 2.20. The molecule has 0 bridgehead atoms. The minimum atomic E-state index is 0.298. The summed E-state index contributed by atoms with van der Waals surface area (Å²) in [7, 11) is 0. The first kappa shape index (κ1) is 12.6. The molecule has 2 atom stereocenters. The molecule has 0 amide bonds. The van der Waals surface area contributed by atoms with E-state index in [1.165, 1.54) is 24.8 Å². The zero-order valence-corrected chi connectivity index (χ0v) is 11.4. The molecule has 19 heavy (non-hydrogen) atoms. The summed E-state index contributed by atoms with van der Waals surface area (Å²) >= 11 is 0. The molecule has 102 valence electrons. The average molecular weight is 259 g/mol. The Labute approximate surface area is 113 Å². The second-order valence-corrected chi connectivity index (χ2v) is 5.47. The van der Waals surface area contributed by atoms with Gasteiger partial charge >= 0.3 is 0 Å². The van der Waals surface area contributed by atoms with Gasteiger partial charge in [0.1, 0.15) is 5.52 Å². The highest BCUT2D eigenvalue weighted by atomic mass is 16.3. The van der Waals surface area contributed by atoms with Crippen LogP contribution in [0.4, 0.5) is 0 Å². The highest BCUT2D eigenvalue weighted by molar-refractivity contribution is 5.73. The van der Waals surface area contributed by atoms with Gasteiger partial charge < -0.3 is 15.5 Å². The number of benzene rings is 1. The van der Waals surface area contributed by atoms with Crippen molar-refractivity contribution in [2.45, 2.75) is 51.2 Å². The molecule has 0 radical (unpaired) electrons. The first-order chi connectivity index (χ1) is 9.22. The molecule has 1 fully saturated rings. The van der Waals surface area contributed by atoms with Gasteiger partial charge in [0, 0.05) is 25.6 Å². The van der Waals surface area contributed by atoms with E-state index in [1.54, 1.807) is 0 Å². The lowest BCUT2D eigenvalue weighted by Crippen LogP contribution is -2.46. The van der Waals surface area contributed by atoms with Crippen LogP contribution in [0.15, 0.2) is 22.6 Å². The average Bonchev–Trinajstić information content (AvgIpc) is 2.77. The predicted octanol–water partition coefficient (Wildman–Crippen LogP) is 2.50. The summed E-state index contributed by atoms with van der Waals surface area (Å²) in [6, 6.07) is 6.92. The lowest BCUT2D eigenvalue weighted by molar-refractivity contribution is 0.326. The van der Waals surface area contributed by atoms with Gasteiger partial charge in [-0.3, -0.25) is 0 Å². The summed E-state index contributed by atoms with van der Waals surface area (Å²) in [6.45, 7) is 2.72. The zero-order valence-electron chi connectivity index (χ0n) is 11.4. The van der Waals surface area contributed by atoms with Gasteiger partial charge in [-0.05, 0) is 30.5 Å². The summed E-state index contributed by atoms with van der Waals surface area (Å²) in [4.78, 5) is 4.36. The van der Waals surface area contributed by atoms with Gasteiger partial charge in [-0.15, -0.1) is 0 Å². The molecule has 3 N–H and O–H groups in total. The van der Waals surface area contributed by atoms with Crippen LogP contribution < -0.4 is 11.1 Å². The van der Waals surface area contributed by atoms with Crippen molar-refractivity contribution < 1.29 is 4.42 Å². The molecular weight excluding hydrogens is 238 g/mol. The maximum atomic E-state index is 6.15. The van der Waals surface area contributed by atoms with Crippen molar-refractivity contribution in [3.8, 4) is 0 Å². The van der Waals surface area contributed by atoms with Gasteiger partial charge in [0.25, 0.3) is 0 Å². The fraction of sp³-hybridized carbons (Fsp3) is 0.533. The van der Waals surface area contributed by atoms with Gasteiger partial charge in [-0.2, -0.15) is 0 Å². The molecule has 4 nitrogen and oxygen atoms in total. The summed E-state index contributed by atoms with van der Waals surface area (Å²) in [5.41, 5.74) is 9.17. The van der Waals surface area contributed by atoms with E-state index in [0.29, 0.717) is 12.1 Å². The van der Waals surface area contributed by atoms with Crippen molar-refractivity contribution in [2.75, 3.05) is 0 Å². The zero-order chi connectivity index (χ0) is 13.2.